The molecule has 0 spiro atoms. The Morgan fingerprint density at radius 3 is 2.19 bits per heavy atom. The maximum absolute atomic E-state index is 10.4. The first-order chi connectivity index (χ1) is 7.83. The Morgan fingerprint density at radius 1 is 1.06 bits per heavy atom. The summed E-state index contributed by atoms with van der Waals surface area (Å²) in [6, 6.07) is 7.56. The molecule has 4 nitrogen and oxygen atoms in total. The van der Waals surface area contributed by atoms with Crippen LogP contribution in [-0.2, 0) is 0 Å². The minimum Gasteiger partial charge on any atom is -0.497 e. The normalized spacial score (nSPS) is 9.81. The third-order valence-electron chi connectivity index (χ3n) is 2.20. The molecule has 0 saturated carbocycles. The van der Waals surface area contributed by atoms with E-state index in [-0.39, 0.29) is 5.82 Å². The van der Waals surface area contributed by atoms with Crippen molar-refractivity contribution >= 4 is 6.29 Å². The van der Waals surface area contributed by atoms with Gasteiger partial charge in [-0.15, -0.1) is 0 Å². The summed E-state index contributed by atoms with van der Waals surface area (Å²) in [4.78, 5) is 18.2. The Hall–Kier alpha value is -2.23. The highest BCUT2D eigenvalue weighted by molar-refractivity contribution is 5.70. The van der Waals surface area contributed by atoms with Crippen LogP contribution in [0.5, 0.6) is 5.75 Å². The summed E-state index contributed by atoms with van der Waals surface area (Å²) in [6.45, 7) is 0. The van der Waals surface area contributed by atoms with Gasteiger partial charge in [0.05, 0.1) is 7.11 Å². The van der Waals surface area contributed by atoms with Crippen molar-refractivity contribution < 1.29 is 9.53 Å². The largest absolute Gasteiger partial charge is 0.497 e. The number of carbonyl (C=O) groups is 1. The van der Waals surface area contributed by atoms with Crippen LogP contribution in [0.3, 0.4) is 0 Å². The van der Waals surface area contributed by atoms with Crippen molar-refractivity contribution in [3.63, 3.8) is 0 Å². The van der Waals surface area contributed by atoms with Gasteiger partial charge in [-0.05, 0) is 17.7 Å². The number of hydrogen-bond acceptors (Lipinski definition) is 4. The first-order valence-corrected chi connectivity index (χ1v) is 4.75. The SMILES string of the molecule is COc1ccc(-c2cnc(C=O)nc2)cc1. The van der Waals surface area contributed by atoms with Crippen molar-refractivity contribution in [1.82, 2.24) is 9.97 Å². The maximum atomic E-state index is 10.4. The lowest BCUT2D eigenvalue weighted by Crippen LogP contribution is -1.91. The van der Waals surface area contributed by atoms with Gasteiger partial charge in [-0.3, -0.25) is 4.79 Å². The van der Waals surface area contributed by atoms with E-state index in [1.165, 1.54) is 0 Å². The van der Waals surface area contributed by atoms with Gasteiger partial charge in [0.25, 0.3) is 0 Å². The average molecular weight is 214 g/mol. The third kappa shape index (κ3) is 2.06. The molecule has 0 aliphatic heterocycles. The second-order valence-electron chi connectivity index (χ2n) is 3.18. The van der Waals surface area contributed by atoms with Crippen molar-refractivity contribution in [2.75, 3.05) is 7.11 Å². The Labute approximate surface area is 92.9 Å². The summed E-state index contributed by atoms with van der Waals surface area (Å²) in [5.74, 6) is 0.992. The van der Waals surface area contributed by atoms with Crippen molar-refractivity contribution in [2.24, 2.45) is 0 Å². The smallest absolute Gasteiger partial charge is 0.192 e. The highest BCUT2D eigenvalue weighted by Gasteiger charge is 2.00. The molecule has 0 saturated heterocycles. The van der Waals surface area contributed by atoms with Crippen molar-refractivity contribution in [2.45, 2.75) is 0 Å². The molecule has 0 atom stereocenters. The van der Waals surface area contributed by atoms with E-state index in [2.05, 4.69) is 9.97 Å². The molecule has 0 radical (unpaired) electrons. The second-order valence-corrected chi connectivity index (χ2v) is 3.18. The number of ether oxygens (including phenoxy) is 1. The van der Waals surface area contributed by atoms with Crippen molar-refractivity contribution in [3.05, 3.63) is 42.5 Å². The Morgan fingerprint density at radius 2 is 1.69 bits per heavy atom. The average Bonchev–Trinajstić information content (AvgIpc) is 2.39. The molecule has 0 amide bonds. The van der Waals surface area contributed by atoms with Gasteiger partial charge < -0.3 is 4.74 Å². The fourth-order valence-electron chi connectivity index (χ4n) is 1.33. The molecule has 1 aromatic heterocycles. The lowest BCUT2D eigenvalue weighted by atomic mass is 10.1. The van der Waals surface area contributed by atoms with Crippen LogP contribution in [0.1, 0.15) is 10.6 Å². The van der Waals surface area contributed by atoms with Crippen LogP contribution in [0, 0.1) is 0 Å². The van der Waals surface area contributed by atoms with Crippen LogP contribution in [-0.4, -0.2) is 23.4 Å². The standard InChI is InChI=1S/C12H10N2O2/c1-16-11-4-2-9(3-5-11)10-6-13-12(8-15)14-7-10/h2-8H,1H3. The van der Waals surface area contributed by atoms with Crippen LogP contribution in [0.4, 0.5) is 0 Å². The van der Waals surface area contributed by atoms with E-state index in [1.807, 2.05) is 24.3 Å². The molecule has 0 aliphatic rings. The summed E-state index contributed by atoms with van der Waals surface area (Å²) in [7, 11) is 1.62. The number of aromatic nitrogens is 2. The summed E-state index contributed by atoms with van der Waals surface area (Å²) in [5, 5.41) is 0. The van der Waals surface area contributed by atoms with Gasteiger partial charge in [0, 0.05) is 18.0 Å². The molecule has 4 heteroatoms. The quantitative estimate of drug-likeness (QED) is 0.733. The minimum atomic E-state index is 0.192. The minimum absolute atomic E-state index is 0.192. The van der Waals surface area contributed by atoms with Crippen LogP contribution >= 0.6 is 0 Å². The van der Waals surface area contributed by atoms with Crippen LogP contribution in [0.2, 0.25) is 0 Å². The van der Waals surface area contributed by atoms with Gasteiger partial charge in [-0.2, -0.15) is 0 Å². The molecule has 0 N–H and O–H groups in total. The van der Waals surface area contributed by atoms with Gasteiger partial charge in [0.1, 0.15) is 5.75 Å². The van der Waals surface area contributed by atoms with E-state index in [0.29, 0.717) is 6.29 Å². The monoisotopic (exact) mass is 214 g/mol. The van der Waals surface area contributed by atoms with Gasteiger partial charge in [-0.1, -0.05) is 12.1 Å². The van der Waals surface area contributed by atoms with E-state index < -0.39 is 0 Å². The molecule has 1 heterocycles. The van der Waals surface area contributed by atoms with Gasteiger partial charge in [-0.25, -0.2) is 9.97 Å². The predicted octanol–water partition coefficient (Wildman–Crippen LogP) is 1.96. The van der Waals surface area contributed by atoms with Crippen LogP contribution in [0.25, 0.3) is 11.1 Å². The number of hydrogen-bond donors (Lipinski definition) is 0. The predicted molar refractivity (Wildman–Crippen MR) is 59.4 cm³/mol. The molecule has 2 rings (SSSR count). The number of methoxy groups -OCH3 is 1. The first kappa shape index (κ1) is 10.3. The van der Waals surface area contributed by atoms with Crippen molar-refractivity contribution in [3.8, 4) is 16.9 Å². The number of rotatable bonds is 3. The molecule has 0 bridgehead atoms. The fraction of sp³-hybridized carbons (Fsp3) is 0.0833. The topological polar surface area (TPSA) is 52.1 Å². The summed E-state index contributed by atoms with van der Waals surface area (Å²) in [5.41, 5.74) is 1.85. The Kier molecular flexibility index (Phi) is 2.91. The van der Waals surface area contributed by atoms with Crippen molar-refractivity contribution in [1.29, 1.82) is 0 Å². The van der Waals surface area contributed by atoms with E-state index in [9.17, 15) is 4.79 Å². The Balaban J connectivity index is 2.31. The van der Waals surface area contributed by atoms with E-state index in [1.54, 1.807) is 19.5 Å². The third-order valence-corrected chi connectivity index (χ3v) is 2.20. The van der Waals surface area contributed by atoms with E-state index in [0.717, 1.165) is 16.9 Å². The number of carbonyl (C=O) groups excluding carboxylic acids is 1. The van der Waals surface area contributed by atoms with Gasteiger partial charge in [0.2, 0.25) is 0 Å². The lowest BCUT2D eigenvalue weighted by Gasteiger charge is -2.02. The van der Waals surface area contributed by atoms with E-state index in [4.69, 9.17) is 4.74 Å². The van der Waals surface area contributed by atoms with E-state index >= 15 is 0 Å². The molecular formula is C12H10N2O2. The number of nitrogens with zero attached hydrogens (tertiary/aromatic N) is 2. The highest BCUT2D eigenvalue weighted by atomic mass is 16.5. The lowest BCUT2D eigenvalue weighted by molar-refractivity contribution is 0.111. The highest BCUT2D eigenvalue weighted by Crippen LogP contribution is 2.20. The maximum Gasteiger partial charge on any atom is 0.192 e. The first-order valence-electron chi connectivity index (χ1n) is 4.75. The number of benzene rings is 1. The molecule has 0 aliphatic carbocycles. The number of aldehydes is 1. The molecule has 80 valence electrons. The molecule has 16 heavy (non-hydrogen) atoms. The molecule has 1 aromatic carbocycles. The molecule has 0 unspecified atom stereocenters. The summed E-state index contributed by atoms with van der Waals surface area (Å²) >= 11 is 0. The zero-order chi connectivity index (χ0) is 11.4. The zero-order valence-corrected chi connectivity index (χ0v) is 8.75. The van der Waals surface area contributed by atoms with Gasteiger partial charge >= 0.3 is 0 Å². The molecule has 2 aromatic rings. The fourth-order valence-corrected chi connectivity index (χ4v) is 1.33. The molecular weight excluding hydrogens is 204 g/mol. The van der Waals surface area contributed by atoms with Gasteiger partial charge in [0.15, 0.2) is 12.1 Å². The Bertz CT molecular complexity index is 477. The molecule has 0 fully saturated rings. The van der Waals surface area contributed by atoms with Crippen LogP contribution in [0.15, 0.2) is 36.7 Å². The zero-order valence-electron chi connectivity index (χ0n) is 8.75. The summed E-state index contributed by atoms with van der Waals surface area (Å²) < 4.78 is 5.06. The van der Waals surface area contributed by atoms with Crippen LogP contribution < -0.4 is 4.74 Å². The second kappa shape index (κ2) is 4.53. The summed E-state index contributed by atoms with van der Waals surface area (Å²) in [6.07, 6.45) is 3.87.